The summed E-state index contributed by atoms with van der Waals surface area (Å²) in [6.45, 7) is 2.94. The predicted molar refractivity (Wildman–Crippen MR) is 110 cm³/mol. The number of anilines is 1. The number of rotatable bonds is 5. The number of para-hydroxylation sites is 1. The van der Waals surface area contributed by atoms with Crippen molar-refractivity contribution in [2.24, 2.45) is 0 Å². The van der Waals surface area contributed by atoms with Crippen molar-refractivity contribution in [2.75, 3.05) is 5.32 Å². The number of fused-ring (bicyclic) bond motifs is 1. The minimum atomic E-state index is -0.297. The highest BCUT2D eigenvalue weighted by atomic mass is 16.2. The molecular formula is C22H23N5O2. The second-order valence-electron chi connectivity index (χ2n) is 7.11. The molecule has 0 radical (unpaired) electrons. The molecule has 2 N–H and O–H groups in total. The molecule has 7 heteroatoms. The van der Waals surface area contributed by atoms with Gasteiger partial charge in [0.15, 0.2) is 11.5 Å². The topological polar surface area (TPSA) is 88.9 Å². The van der Waals surface area contributed by atoms with Crippen LogP contribution in [0, 0.1) is 6.92 Å². The van der Waals surface area contributed by atoms with Gasteiger partial charge in [0.2, 0.25) is 0 Å². The van der Waals surface area contributed by atoms with E-state index in [4.69, 9.17) is 0 Å². The van der Waals surface area contributed by atoms with E-state index in [0.29, 0.717) is 18.8 Å². The van der Waals surface area contributed by atoms with Gasteiger partial charge in [0.25, 0.3) is 11.8 Å². The Labute approximate surface area is 169 Å². The van der Waals surface area contributed by atoms with Crippen LogP contribution in [0.5, 0.6) is 0 Å². The molecule has 1 aliphatic rings. The zero-order chi connectivity index (χ0) is 20.2. The first-order chi connectivity index (χ1) is 14.1. The summed E-state index contributed by atoms with van der Waals surface area (Å²) < 4.78 is 1.88. The molecule has 0 saturated heterocycles. The summed E-state index contributed by atoms with van der Waals surface area (Å²) in [6.07, 6.45) is 4.36. The normalized spacial score (nSPS) is 12.9. The highest BCUT2D eigenvalue weighted by Crippen LogP contribution is 2.23. The van der Waals surface area contributed by atoms with E-state index < -0.39 is 0 Å². The van der Waals surface area contributed by atoms with Gasteiger partial charge in [-0.15, -0.1) is 0 Å². The number of aromatic nitrogens is 3. The predicted octanol–water partition coefficient (Wildman–Crippen LogP) is 3.11. The van der Waals surface area contributed by atoms with Gasteiger partial charge in [-0.25, -0.2) is 4.98 Å². The first-order valence-electron chi connectivity index (χ1n) is 9.78. The zero-order valence-corrected chi connectivity index (χ0v) is 16.3. The van der Waals surface area contributed by atoms with Gasteiger partial charge in [0.1, 0.15) is 0 Å². The van der Waals surface area contributed by atoms with Gasteiger partial charge in [-0.05, 0) is 49.9 Å². The lowest BCUT2D eigenvalue weighted by Gasteiger charge is -2.17. The van der Waals surface area contributed by atoms with Crippen molar-refractivity contribution in [3.05, 3.63) is 77.1 Å². The maximum absolute atomic E-state index is 12.9. The third-order valence-corrected chi connectivity index (χ3v) is 5.09. The quantitative estimate of drug-likeness (QED) is 0.702. The van der Waals surface area contributed by atoms with Gasteiger partial charge < -0.3 is 15.2 Å². The van der Waals surface area contributed by atoms with Crippen LogP contribution >= 0.6 is 0 Å². The average Bonchev–Trinajstić information content (AvgIpc) is 3.14. The van der Waals surface area contributed by atoms with Crippen LogP contribution in [0.15, 0.2) is 48.7 Å². The Kier molecular flexibility index (Phi) is 5.37. The Bertz CT molecular complexity index is 1040. The van der Waals surface area contributed by atoms with Crippen LogP contribution in [-0.4, -0.2) is 26.3 Å². The number of aryl methyl sites for hydroxylation is 1. The fraction of sp³-hybridized carbons (Fsp3) is 0.273. The molecule has 0 bridgehead atoms. The Morgan fingerprint density at radius 1 is 1.07 bits per heavy atom. The first kappa shape index (κ1) is 18.9. The molecule has 3 heterocycles. The minimum absolute atomic E-state index is 0.283. The van der Waals surface area contributed by atoms with Gasteiger partial charge in [0, 0.05) is 18.4 Å². The molecule has 2 amide bonds. The molecule has 0 saturated carbocycles. The lowest BCUT2D eigenvalue weighted by molar-refractivity contribution is 0.0934. The molecule has 0 atom stereocenters. The summed E-state index contributed by atoms with van der Waals surface area (Å²) in [6, 6.07) is 13.2. The molecule has 2 aromatic heterocycles. The van der Waals surface area contributed by atoms with Crippen molar-refractivity contribution in [3.63, 3.8) is 0 Å². The number of nitrogens with one attached hydrogen (secondary N) is 2. The van der Waals surface area contributed by atoms with Crippen molar-refractivity contribution < 1.29 is 9.59 Å². The average molecular weight is 389 g/mol. The summed E-state index contributed by atoms with van der Waals surface area (Å²) in [4.78, 5) is 34.4. The number of benzene rings is 1. The molecule has 7 nitrogen and oxygen atoms in total. The molecule has 0 aliphatic carbocycles. The van der Waals surface area contributed by atoms with Crippen LogP contribution in [0.1, 0.15) is 50.9 Å². The molecule has 3 aromatic rings. The summed E-state index contributed by atoms with van der Waals surface area (Å²) in [5.41, 5.74) is 3.64. The third-order valence-electron chi connectivity index (χ3n) is 5.09. The van der Waals surface area contributed by atoms with E-state index in [-0.39, 0.29) is 17.6 Å². The van der Waals surface area contributed by atoms with Gasteiger partial charge in [-0.2, -0.15) is 0 Å². The monoisotopic (exact) mass is 389 g/mol. The molecule has 1 aromatic carbocycles. The first-order valence-corrected chi connectivity index (χ1v) is 9.78. The minimum Gasteiger partial charge on any atom is -0.344 e. The van der Waals surface area contributed by atoms with Gasteiger partial charge >= 0.3 is 0 Å². The van der Waals surface area contributed by atoms with Crippen LogP contribution in [0.3, 0.4) is 0 Å². The van der Waals surface area contributed by atoms with Crippen molar-refractivity contribution in [2.45, 2.75) is 39.3 Å². The number of nitrogens with zero attached hydrogens (tertiary/aromatic N) is 3. The Hall–Kier alpha value is -3.48. The molecule has 148 valence electrons. The lowest BCUT2D eigenvalue weighted by atomic mass is 10.1. The highest BCUT2D eigenvalue weighted by molar-refractivity contribution is 6.05. The number of hydrogen-bond donors (Lipinski definition) is 2. The molecular weight excluding hydrogens is 366 g/mol. The SMILES string of the molecule is Cc1ccccc1NC(=O)c1nc(C(=O)NCc2ccccn2)n2c1CCCC2. The van der Waals surface area contributed by atoms with Crippen molar-refractivity contribution in [3.8, 4) is 0 Å². The van der Waals surface area contributed by atoms with E-state index in [2.05, 4.69) is 20.6 Å². The van der Waals surface area contributed by atoms with Crippen molar-refractivity contribution in [1.29, 1.82) is 0 Å². The van der Waals surface area contributed by atoms with E-state index in [9.17, 15) is 9.59 Å². The van der Waals surface area contributed by atoms with Gasteiger partial charge in [-0.3, -0.25) is 14.6 Å². The van der Waals surface area contributed by atoms with Crippen LogP contribution < -0.4 is 10.6 Å². The van der Waals surface area contributed by atoms with Crippen molar-refractivity contribution in [1.82, 2.24) is 19.9 Å². The Morgan fingerprint density at radius 3 is 2.69 bits per heavy atom. The Morgan fingerprint density at radius 2 is 1.90 bits per heavy atom. The third kappa shape index (κ3) is 4.03. The van der Waals surface area contributed by atoms with Gasteiger partial charge in [-0.1, -0.05) is 24.3 Å². The highest BCUT2D eigenvalue weighted by Gasteiger charge is 2.27. The van der Waals surface area contributed by atoms with Crippen LogP contribution in [0.2, 0.25) is 0 Å². The van der Waals surface area contributed by atoms with Crippen LogP contribution in [0.25, 0.3) is 0 Å². The molecule has 0 fully saturated rings. The number of carbonyl (C=O) groups is 2. The molecule has 29 heavy (non-hydrogen) atoms. The Balaban J connectivity index is 1.57. The standard InChI is InChI=1S/C22H23N5O2/c1-15-8-2-3-10-17(15)25-21(28)19-18-11-5-7-13-27(18)20(26-19)22(29)24-14-16-9-4-6-12-23-16/h2-4,6,8-10,12H,5,7,11,13-14H2,1H3,(H,24,29)(H,25,28). The number of hydrogen-bond acceptors (Lipinski definition) is 4. The molecule has 4 rings (SSSR count). The fourth-order valence-corrected chi connectivity index (χ4v) is 3.55. The zero-order valence-electron chi connectivity index (χ0n) is 16.3. The van der Waals surface area contributed by atoms with E-state index in [0.717, 1.165) is 41.9 Å². The molecule has 0 spiro atoms. The van der Waals surface area contributed by atoms with Crippen LogP contribution in [0.4, 0.5) is 5.69 Å². The largest absolute Gasteiger partial charge is 0.344 e. The van der Waals surface area contributed by atoms with Gasteiger partial charge in [0.05, 0.1) is 17.9 Å². The number of pyridine rings is 1. The summed E-state index contributed by atoms with van der Waals surface area (Å²) in [5, 5.41) is 5.79. The summed E-state index contributed by atoms with van der Waals surface area (Å²) in [7, 11) is 0. The smallest absolute Gasteiger partial charge is 0.287 e. The fourth-order valence-electron chi connectivity index (χ4n) is 3.55. The van der Waals surface area contributed by atoms with E-state index >= 15 is 0 Å². The number of imidazole rings is 1. The summed E-state index contributed by atoms with van der Waals surface area (Å²) >= 11 is 0. The molecule has 0 unspecified atom stereocenters. The number of carbonyl (C=O) groups excluding carboxylic acids is 2. The second kappa shape index (κ2) is 8.26. The summed E-state index contributed by atoms with van der Waals surface area (Å²) in [5.74, 6) is -0.298. The van der Waals surface area contributed by atoms with E-state index in [1.807, 2.05) is 54.0 Å². The maximum Gasteiger partial charge on any atom is 0.287 e. The van der Waals surface area contributed by atoms with E-state index in [1.54, 1.807) is 6.20 Å². The molecule has 1 aliphatic heterocycles. The lowest BCUT2D eigenvalue weighted by Crippen LogP contribution is -2.27. The maximum atomic E-state index is 12.9. The van der Waals surface area contributed by atoms with E-state index in [1.165, 1.54) is 0 Å². The van der Waals surface area contributed by atoms with Crippen LogP contribution in [-0.2, 0) is 19.5 Å². The number of amides is 2. The second-order valence-corrected chi connectivity index (χ2v) is 7.11. The van der Waals surface area contributed by atoms with Crippen molar-refractivity contribution >= 4 is 17.5 Å².